The minimum atomic E-state index is -0.259. The number of aryl methyl sites for hydroxylation is 1. The molecular formula is C19H21N5O2. The maximum absolute atomic E-state index is 12.7. The number of hydrogen-bond acceptors (Lipinski definition) is 5. The average molecular weight is 351 g/mol. The van der Waals surface area contributed by atoms with E-state index in [1.807, 2.05) is 30.5 Å². The van der Waals surface area contributed by atoms with Gasteiger partial charge in [-0.3, -0.25) is 14.3 Å². The Bertz CT molecular complexity index is 1090. The van der Waals surface area contributed by atoms with Gasteiger partial charge in [-0.2, -0.15) is 0 Å². The van der Waals surface area contributed by atoms with E-state index in [2.05, 4.69) is 9.88 Å². The van der Waals surface area contributed by atoms with Crippen molar-refractivity contribution in [2.75, 3.05) is 6.54 Å². The molecule has 1 fully saturated rings. The van der Waals surface area contributed by atoms with Crippen molar-refractivity contribution in [2.24, 2.45) is 14.1 Å². The molecule has 1 aromatic carbocycles. The van der Waals surface area contributed by atoms with E-state index >= 15 is 0 Å². The third-order valence-electron chi connectivity index (χ3n) is 5.07. The topological polar surface area (TPSA) is 73.0 Å². The van der Waals surface area contributed by atoms with Crippen molar-refractivity contribution in [3.63, 3.8) is 0 Å². The largest absolute Gasteiger partial charge is 0.347 e. The summed E-state index contributed by atoms with van der Waals surface area (Å²) in [6.07, 6.45) is 5.45. The SMILES string of the molecule is Cn1cc(CN2CCCC2c2nc3ccccc3c(=O)n2C)cnc1=O. The molecule has 1 unspecified atom stereocenters. The fourth-order valence-electron chi connectivity index (χ4n) is 3.72. The average Bonchev–Trinajstić information content (AvgIpc) is 3.09. The second kappa shape index (κ2) is 6.49. The third-order valence-corrected chi connectivity index (χ3v) is 5.07. The zero-order valence-electron chi connectivity index (χ0n) is 14.9. The van der Waals surface area contributed by atoms with Crippen LogP contribution < -0.4 is 11.2 Å². The molecule has 1 aliphatic heterocycles. The summed E-state index contributed by atoms with van der Waals surface area (Å²) in [5, 5.41) is 0.644. The van der Waals surface area contributed by atoms with Crippen molar-refractivity contribution >= 4 is 10.9 Å². The van der Waals surface area contributed by atoms with Crippen LogP contribution in [-0.4, -0.2) is 30.5 Å². The van der Waals surface area contributed by atoms with Crippen molar-refractivity contribution in [1.82, 2.24) is 24.0 Å². The van der Waals surface area contributed by atoms with Crippen LogP contribution in [-0.2, 0) is 20.6 Å². The summed E-state index contributed by atoms with van der Waals surface area (Å²) in [5.74, 6) is 0.795. The molecule has 1 atom stereocenters. The highest BCUT2D eigenvalue weighted by atomic mass is 16.1. The van der Waals surface area contributed by atoms with Gasteiger partial charge in [0.2, 0.25) is 0 Å². The zero-order chi connectivity index (χ0) is 18.3. The van der Waals surface area contributed by atoms with Crippen molar-refractivity contribution in [2.45, 2.75) is 25.4 Å². The third kappa shape index (κ3) is 2.84. The Labute approximate surface area is 150 Å². The predicted octanol–water partition coefficient (Wildman–Crippen LogP) is 1.36. The van der Waals surface area contributed by atoms with Gasteiger partial charge < -0.3 is 4.57 Å². The van der Waals surface area contributed by atoms with E-state index in [1.165, 1.54) is 4.57 Å². The Morgan fingerprint density at radius 1 is 1.19 bits per heavy atom. The van der Waals surface area contributed by atoms with Crippen LogP contribution in [0.4, 0.5) is 0 Å². The number of aromatic nitrogens is 4. The molecule has 2 aromatic heterocycles. The first-order valence-corrected chi connectivity index (χ1v) is 8.76. The van der Waals surface area contributed by atoms with E-state index in [4.69, 9.17) is 4.98 Å². The van der Waals surface area contributed by atoms with Gasteiger partial charge in [-0.25, -0.2) is 14.8 Å². The van der Waals surface area contributed by atoms with Gasteiger partial charge in [-0.15, -0.1) is 0 Å². The van der Waals surface area contributed by atoms with Crippen LogP contribution in [0, 0.1) is 0 Å². The zero-order valence-corrected chi connectivity index (χ0v) is 14.9. The van der Waals surface area contributed by atoms with Gasteiger partial charge in [0.1, 0.15) is 5.82 Å². The molecule has 7 heteroatoms. The van der Waals surface area contributed by atoms with Crippen LogP contribution in [0.3, 0.4) is 0 Å². The maximum Gasteiger partial charge on any atom is 0.347 e. The predicted molar refractivity (Wildman–Crippen MR) is 98.8 cm³/mol. The van der Waals surface area contributed by atoms with Crippen molar-refractivity contribution in [1.29, 1.82) is 0 Å². The van der Waals surface area contributed by atoms with Crippen LogP contribution in [0.5, 0.6) is 0 Å². The monoisotopic (exact) mass is 351 g/mol. The summed E-state index contributed by atoms with van der Waals surface area (Å²) < 4.78 is 3.16. The van der Waals surface area contributed by atoms with Crippen molar-refractivity contribution < 1.29 is 0 Å². The van der Waals surface area contributed by atoms with Gasteiger partial charge in [-0.05, 0) is 31.5 Å². The lowest BCUT2D eigenvalue weighted by Gasteiger charge is -2.25. The van der Waals surface area contributed by atoms with Crippen LogP contribution >= 0.6 is 0 Å². The number of nitrogens with zero attached hydrogens (tertiary/aromatic N) is 5. The molecule has 7 nitrogen and oxygen atoms in total. The Balaban J connectivity index is 1.71. The molecule has 3 heterocycles. The van der Waals surface area contributed by atoms with Gasteiger partial charge in [0, 0.05) is 38.6 Å². The normalized spacial score (nSPS) is 17.8. The summed E-state index contributed by atoms with van der Waals surface area (Å²) in [6.45, 7) is 1.60. The number of likely N-dealkylation sites (tertiary alicyclic amines) is 1. The minimum absolute atomic E-state index is 0.0128. The standard InChI is InChI=1S/C19H21N5O2/c1-22-11-13(10-20-19(22)26)12-24-9-5-8-16(24)17-21-15-7-4-3-6-14(15)18(25)23(17)2/h3-4,6-7,10-11,16H,5,8-9,12H2,1-2H3. The minimum Gasteiger partial charge on any atom is -0.302 e. The van der Waals surface area contributed by atoms with Gasteiger partial charge in [0.25, 0.3) is 5.56 Å². The highest BCUT2D eigenvalue weighted by Gasteiger charge is 2.29. The van der Waals surface area contributed by atoms with E-state index in [1.54, 1.807) is 24.9 Å². The van der Waals surface area contributed by atoms with Crippen LogP contribution in [0.15, 0.2) is 46.2 Å². The lowest BCUT2D eigenvalue weighted by molar-refractivity contribution is 0.234. The number of hydrogen-bond donors (Lipinski definition) is 0. The molecule has 0 bridgehead atoms. The van der Waals surface area contributed by atoms with Gasteiger partial charge in [0.05, 0.1) is 16.9 Å². The van der Waals surface area contributed by atoms with E-state index in [9.17, 15) is 9.59 Å². The van der Waals surface area contributed by atoms with Gasteiger partial charge >= 0.3 is 5.69 Å². The first-order chi connectivity index (χ1) is 12.5. The molecule has 134 valence electrons. The van der Waals surface area contributed by atoms with Crippen LogP contribution in [0.25, 0.3) is 10.9 Å². The first kappa shape index (κ1) is 16.7. The smallest absolute Gasteiger partial charge is 0.302 e. The molecule has 1 saturated heterocycles. The Morgan fingerprint density at radius 2 is 2.00 bits per heavy atom. The summed E-state index contributed by atoms with van der Waals surface area (Å²) in [6, 6.07) is 7.54. The van der Waals surface area contributed by atoms with Crippen LogP contribution in [0.1, 0.15) is 30.3 Å². The molecule has 26 heavy (non-hydrogen) atoms. The molecule has 0 spiro atoms. The Kier molecular flexibility index (Phi) is 4.16. The van der Waals surface area contributed by atoms with Gasteiger partial charge in [-0.1, -0.05) is 12.1 Å². The quantitative estimate of drug-likeness (QED) is 0.712. The highest BCUT2D eigenvalue weighted by molar-refractivity contribution is 5.77. The number of para-hydroxylation sites is 1. The van der Waals surface area contributed by atoms with E-state index < -0.39 is 0 Å². The van der Waals surface area contributed by atoms with Crippen molar-refractivity contribution in [3.8, 4) is 0 Å². The second-order valence-corrected chi connectivity index (χ2v) is 6.84. The lowest BCUT2D eigenvalue weighted by Crippen LogP contribution is -2.31. The Hall–Kier alpha value is -2.80. The number of fused-ring (bicyclic) bond motifs is 1. The molecule has 0 amide bonds. The lowest BCUT2D eigenvalue weighted by atomic mass is 10.1. The molecule has 0 radical (unpaired) electrons. The maximum atomic E-state index is 12.7. The highest BCUT2D eigenvalue weighted by Crippen LogP contribution is 2.31. The summed E-state index contributed by atoms with van der Waals surface area (Å²) >= 11 is 0. The molecule has 0 saturated carbocycles. The first-order valence-electron chi connectivity index (χ1n) is 8.76. The molecular weight excluding hydrogens is 330 g/mol. The second-order valence-electron chi connectivity index (χ2n) is 6.84. The summed E-state index contributed by atoms with van der Waals surface area (Å²) in [5.41, 5.74) is 1.44. The fraction of sp³-hybridized carbons (Fsp3) is 0.368. The number of rotatable bonds is 3. The van der Waals surface area contributed by atoms with E-state index in [0.29, 0.717) is 11.9 Å². The summed E-state index contributed by atoms with van der Waals surface area (Å²) in [7, 11) is 3.50. The summed E-state index contributed by atoms with van der Waals surface area (Å²) in [4.78, 5) is 35.2. The van der Waals surface area contributed by atoms with Crippen LogP contribution in [0.2, 0.25) is 0 Å². The molecule has 1 aliphatic rings. The molecule has 0 aliphatic carbocycles. The van der Waals surface area contributed by atoms with Crippen molar-refractivity contribution in [3.05, 3.63) is 68.9 Å². The fourth-order valence-corrected chi connectivity index (χ4v) is 3.72. The molecule has 4 rings (SSSR count). The molecule has 3 aromatic rings. The van der Waals surface area contributed by atoms with Gasteiger partial charge in [0.15, 0.2) is 0 Å². The molecule has 0 N–H and O–H groups in total. The van der Waals surface area contributed by atoms with E-state index in [0.717, 1.165) is 36.3 Å². The number of benzene rings is 1. The Morgan fingerprint density at radius 3 is 2.81 bits per heavy atom. The van der Waals surface area contributed by atoms with E-state index in [-0.39, 0.29) is 17.3 Å².